The van der Waals surface area contributed by atoms with E-state index in [1.54, 1.807) is 47.8 Å². The highest BCUT2D eigenvalue weighted by atomic mass is 19.3. The van der Waals surface area contributed by atoms with E-state index in [-0.39, 0.29) is 49.0 Å². The fourth-order valence-electron chi connectivity index (χ4n) is 5.78. The van der Waals surface area contributed by atoms with Crippen molar-refractivity contribution in [3.63, 3.8) is 0 Å². The quantitative estimate of drug-likeness (QED) is 0.391. The van der Waals surface area contributed by atoms with Crippen LogP contribution in [0.2, 0.25) is 0 Å². The first kappa shape index (κ1) is 31.0. The molecular formula is C30H33F4N7O3. The van der Waals surface area contributed by atoms with Crippen molar-refractivity contribution in [2.24, 2.45) is 0 Å². The summed E-state index contributed by atoms with van der Waals surface area (Å²) in [5.41, 5.74) is 0.0783. The van der Waals surface area contributed by atoms with Crippen LogP contribution >= 0.6 is 0 Å². The van der Waals surface area contributed by atoms with Crippen LogP contribution in [0, 0.1) is 11.6 Å². The van der Waals surface area contributed by atoms with Crippen molar-refractivity contribution in [2.75, 3.05) is 40.1 Å². The maximum atomic E-state index is 15.1. The molecule has 44 heavy (non-hydrogen) atoms. The van der Waals surface area contributed by atoms with Crippen molar-refractivity contribution in [3.05, 3.63) is 82.4 Å². The number of fused-ring (bicyclic) bond motifs is 2. The van der Waals surface area contributed by atoms with Gasteiger partial charge in [0.05, 0.1) is 29.7 Å². The second-order valence-corrected chi connectivity index (χ2v) is 11.6. The minimum atomic E-state index is -2.98. The summed E-state index contributed by atoms with van der Waals surface area (Å²) in [6.45, 7) is 0.198. The predicted molar refractivity (Wildman–Crippen MR) is 153 cm³/mol. The van der Waals surface area contributed by atoms with Gasteiger partial charge in [-0.05, 0) is 36.4 Å². The van der Waals surface area contributed by atoms with Gasteiger partial charge >= 0.3 is 6.03 Å². The number of nitrogens with zero attached hydrogens (tertiary/aromatic N) is 5. The second kappa shape index (κ2) is 11.6. The molecule has 5 rings (SSSR count). The zero-order valence-corrected chi connectivity index (χ0v) is 24.8. The van der Waals surface area contributed by atoms with Crippen molar-refractivity contribution < 1.29 is 31.9 Å². The molecule has 2 aromatic heterocycles. The largest absolute Gasteiger partial charge is 0.345 e. The number of nitrogens with one attached hydrogen (secondary N) is 2. The smallest absolute Gasteiger partial charge is 0.321 e. The standard InChI is InChI=1S/C30H33F4N7O3/c1-38(2)27(43)18-11-22(31)21(23(32)12-18)15-40-9-10-41-24(7-8-25(41)29(40)16-30(33,34)17-29)26(42)36-13-19-5-6-20(14-35-19)37-28(44)39(3)4/h5-8,11-12,14H,9-10,13,15-17H2,1-4H3,(H,36,42)(H,37,44). The Balaban J connectivity index is 1.33. The van der Waals surface area contributed by atoms with Gasteiger partial charge in [0, 0.05) is 77.5 Å². The minimum absolute atomic E-state index is 0.0848. The van der Waals surface area contributed by atoms with Gasteiger partial charge in [-0.2, -0.15) is 0 Å². The Morgan fingerprint density at radius 2 is 1.64 bits per heavy atom. The molecule has 0 bridgehead atoms. The van der Waals surface area contributed by atoms with Gasteiger partial charge < -0.3 is 25.0 Å². The first-order chi connectivity index (χ1) is 20.7. The number of hydrogen-bond donors (Lipinski definition) is 2. The number of aromatic nitrogens is 2. The van der Waals surface area contributed by atoms with Crippen LogP contribution in [-0.4, -0.2) is 82.8 Å². The number of urea groups is 1. The van der Waals surface area contributed by atoms with Gasteiger partial charge in [-0.1, -0.05) is 0 Å². The zero-order chi connectivity index (χ0) is 32.0. The van der Waals surface area contributed by atoms with E-state index in [0.717, 1.165) is 12.1 Å². The number of carbonyl (C=O) groups is 3. The lowest BCUT2D eigenvalue weighted by Crippen LogP contribution is -2.63. The maximum absolute atomic E-state index is 15.1. The summed E-state index contributed by atoms with van der Waals surface area (Å²) in [4.78, 5) is 45.7. The number of hydrogen-bond acceptors (Lipinski definition) is 5. The molecule has 0 radical (unpaired) electrons. The minimum Gasteiger partial charge on any atom is -0.345 e. The number of alkyl halides is 2. The first-order valence-electron chi connectivity index (χ1n) is 13.9. The Morgan fingerprint density at radius 3 is 2.20 bits per heavy atom. The molecule has 1 aromatic carbocycles. The SMILES string of the molecule is CN(C)C(=O)Nc1ccc(CNC(=O)c2ccc3n2CCN(Cc2c(F)cc(C(=O)N(C)C)cc2F)C32CC(F)(F)C2)nc1. The Hall–Kier alpha value is -4.46. The van der Waals surface area contributed by atoms with Crippen molar-refractivity contribution in [3.8, 4) is 0 Å². The molecule has 2 aliphatic rings. The van der Waals surface area contributed by atoms with Gasteiger partial charge in [-0.15, -0.1) is 0 Å². The highest BCUT2D eigenvalue weighted by Gasteiger charge is 2.62. The van der Waals surface area contributed by atoms with Gasteiger partial charge in [-0.25, -0.2) is 22.4 Å². The molecule has 1 spiro atoms. The molecule has 1 fully saturated rings. The summed E-state index contributed by atoms with van der Waals surface area (Å²) in [5, 5.41) is 5.46. The predicted octanol–water partition coefficient (Wildman–Crippen LogP) is 4.03. The molecule has 0 unspecified atom stereocenters. The van der Waals surface area contributed by atoms with Crippen LogP contribution in [0.15, 0.2) is 42.6 Å². The van der Waals surface area contributed by atoms with Crippen molar-refractivity contribution >= 4 is 23.5 Å². The van der Waals surface area contributed by atoms with E-state index < -0.39 is 47.8 Å². The summed E-state index contributed by atoms with van der Waals surface area (Å²) in [7, 11) is 6.15. The average molecular weight is 616 g/mol. The third-order valence-electron chi connectivity index (χ3n) is 8.05. The van der Waals surface area contributed by atoms with Crippen molar-refractivity contribution in [2.45, 2.75) is 43.9 Å². The maximum Gasteiger partial charge on any atom is 0.321 e. The molecule has 3 aromatic rings. The van der Waals surface area contributed by atoms with Crippen LogP contribution in [0.1, 0.15) is 50.6 Å². The van der Waals surface area contributed by atoms with Gasteiger partial charge in [0.2, 0.25) is 0 Å². The molecule has 3 heterocycles. The zero-order valence-electron chi connectivity index (χ0n) is 24.8. The van der Waals surface area contributed by atoms with Crippen LogP contribution in [-0.2, 0) is 25.2 Å². The Kier molecular flexibility index (Phi) is 8.14. The number of rotatable bonds is 7. The fraction of sp³-hybridized carbons (Fsp3) is 0.400. The Morgan fingerprint density at radius 1 is 0.955 bits per heavy atom. The first-order valence-corrected chi connectivity index (χ1v) is 13.9. The third-order valence-corrected chi connectivity index (χ3v) is 8.05. The highest BCUT2D eigenvalue weighted by Crippen LogP contribution is 2.57. The lowest BCUT2D eigenvalue weighted by Gasteiger charge is -2.56. The van der Waals surface area contributed by atoms with Crippen LogP contribution in [0.3, 0.4) is 0 Å². The van der Waals surface area contributed by atoms with E-state index >= 15 is 8.78 Å². The number of carbonyl (C=O) groups excluding carboxylic acids is 3. The Bertz CT molecular complexity index is 1570. The summed E-state index contributed by atoms with van der Waals surface area (Å²) >= 11 is 0. The van der Waals surface area contributed by atoms with E-state index in [0.29, 0.717) is 17.1 Å². The fourth-order valence-corrected chi connectivity index (χ4v) is 5.78. The van der Waals surface area contributed by atoms with Crippen LogP contribution < -0.4 is 10.6 Å². The third kappa shape index (κ3) is 5.85. The van der Waals surface area contributed by atoms with E-state index in [1.807, 2.05) is 0 Å². The average Bonchev–Trinajstić information content (AvgIpc) is 3.39. The van der Waals surface area contributed by atoms with E-state index in [9.17, 15) is 23.2 Å². The lowest BCUT2D eigenvalue weighted by atomic mass is 9.68. The summed E-state index contributed by atoms with van der Waals surface area (Å²) < 4.78 is 60.7. The molecule has 0 atom stereocenters. The number of pyridine rings is 1. The number of benzene rings is 1. The lowest BCUT2D eigenvalue weighted by molar-refractivity contribution is -0.193. The Labute approximate surface area is 251 Å². The molecule has 1 aliphatic carbocycles. The molecule has 0 saturated heterocycles. The monoisotopic (exact) mass is 615 g/mol. The van der Waals surface area contributed by atoms with E-state index in [4.69, 9.17) is 0 Å². The highest BCUT2D eigenvalue weighted by molar-refractivity contribution is 5.94. The topological polar surface area (TPSA) is 103 Å². The molecule has 1 saturated carbocycles. The van der Waals surface area contributed by atoms with Crippen LogP contribution in [0.5, 0.6) is 0 Å². The van der Waals surface area contributed by atoms with Gasteiger partial charge in [-0.3, -0.25) is 19.5 Å². The van der Waals surface area contributed by atoms with Crippen molar-refractivity contribution in [1.82, 2.24) is 29.6 Å². The van der Waals surface area contributed by atoms with E-state index in [1.165, 1.54) is 30.1 Å². The number of halogens is 4. The molecule has 2 N–H and O–H groups in total. The normalized spacial score (nSPS) is 16.5. The van der Waals surface area contributed by atoms with E-state index in [2.05, 4.69) is 15.6 Å². The summed E-state index contributed by atoms with van der Waals surface area (Å²) in [6, 6.07) is 8.09. The molecule has 14 heteroatoms. The number of anilines is 1. The van der Waals surface area contributed by atoms with Gasteiger partial charge in [0.1, 0.15) is 17.3 Å². The van der Waals surface area contributed by atoms with Crippen molar-refractivity contribution in [1.29, 1.82) is 0 Å². The van der Waals surface area contributed by atoms with Crippen LogP contribution in [0.4, 0.5) is 28.0 Å². The van der Waals surface area contributed by atoms with Gasteiger partial charge in [0.15, 0.2) is 0 Å². The van der Waals surface area contributed by atoms with Gasteiger partial charge in [0.25, 0.3) is 17.7 Å². The molecule has 10 nitrogen and oxygen atoms in total. The van der Waals surface area contributed by atoms with Crippen LogP contribution in [0.25, 0.3) is 0 Å². The molecule has 4 amide bonds. The summed E-state index contributed by atoms with van der Waals surface area (Å²) in [6.07, 6.45) is 0.342. The number of amides is 4. The molecule has 234 valence electrons. The summed E-state index contributed by atoms with van der Waals surface area (Å²) in [5.74, 6) is -5.84. The molecular weight excluding hydrogens is 582 g/mol. The second-order valence-electron chi connectivity index (χ2n) is 11.6. The molecule has 1 aliphatic heterocycles.